The lowest BCUT2D eigenvalue weighted by Crippen LogP contribution is -2.44. The Morgan fingerprint density at radius 3 is 2.94 bits per heavy atom. The molecule has 1 saturated carbocycles. The standard InChI is InChI=1S/C12H18N2OS/c1-2-11(13)12(15)14(9-5-6-9)8-10-4-3-7-16-10/h3-4,7,9,11H,2,5-6,8,13H2,1H3/t11-/m0/s1. The Bertz CT molecular complexity index is 346. The summed E-state index contributed by atoms with van der Waals surface area (Å²) in [6.45, 7) is 2.69. The number of rotatable bonds is 5. The molecule has 1 fully saturated rings. The van der Waals surface area contributed by atoms with Crippen LogP contribution >= 0.6 is 11.3 Å². The summed E-state index contributed by atoms with van der Waals surface area (Å²) in [5.74, 6) is 0.110. The van der Waals surface area contributed by atoms with E-state index in [0.717, 1.165) is 19.4 Å². The van der Waals surface area contributed by atoms with E-state index in [1.807, 2.05) is 23.3 Å². The number of nitrogens with two attached hydrogens (primary N) is 1. The van der Waals surface area contributed by atoms with Gasteiger partial charge in [0.1, 0.15) is 0 Å². The molecular weight excluding hydrogens is 220 g/mol. The van der Waals surface area contributed by atoms with Gasteiger partial charge in [-0.2, -0.15) is 0 Å². The van der Waals surface area contributed by atoms with Crippen LogP contribution in [0.3, 0.4) is 0 Å². The lowest BCUT2D eigenvalue weighted by molar-refractivity contribution is -0.133. The van der Waals surface area contributed by atoms with E-state index in [4.69, 9.17) is 5.73 Å². The fourth-order valence-electron chi connectivity index (χ4n) is 1.73. The summed E-state index contributed by atoms with van der Waals surface area (Å²) < 4.78 is 0. The van der Waals surface area contributed by atoms with Crippen LogP contribution in [-0.2, 0) is 11.3 Å². The topological polar surface area (TPSA) is 46.3 Å². The molecule has 1 aliphatic rings. The van der Waals surface area contributed by atoms with Crippen molar-refractivity contribution in [3.05, 3.63) is 22.4 Å². The zero-order chi connectivity index (χ0) is 11.5. The molecule has 4 heteroatoms. The van der Waals surface area contributed by atoms with E-state index < -0.39 is 0 Å². The molecule has 1 amide bonds. The molecule has 1 aromatic rings. The minimum Gasteiger partial charge on any atom is -0.333 e. The van der Waals surface area contributed by atoms with Crippen molar-refractivity contribution < 1.29 is 4.79 Å². The smallest absolute Gasteiger partial charge is 0.240 e. The Balaban J connectivity index is 2.02. The van der Waals surface area contributed by atoms with Gasteiger partial charge in [0, 0.05) is 10.9 Å². The minimum atomic E-state index is -0.333. The quantitative estimate of drug-likeness (QED) is 0.852. The molecule has 0 unspecified atom stereocenters. The molecule has 2 N–H and O–H groups in total. The summed E-state index contributed by atoms with van der Waals surface area (Å²) in [7, 11) is 0. The molecule has 0 aliphatic heterocycles. The van der Waals surface area contributed by atoms with Gasteiger partial charge in [-0.25, -0.2) is 0 Å². The molecule has 0 radical (unpaired) electrons. The summed E-state index contributed by atoms with van der Waals surface area (Å²) >= 11 is 1.70. The van der Waals surface area contributed by atoms with Crippen molar-refractivity contribution in [3.63, 3.8) is 0 Å². The maximum absolute atomic E-state index is 12.1. The van der Waals surface area contributed by atoms with Crippen molar-refractivity contribution in [1.29, 1.82) is 0 Å². The maximum Gasteiger partial charge on any atom is 0.240 e. The normalized spacial score (nSPS) is 17.1. The number of thiophene rings is 1. The molecule has 16 heavy (non-hydrogen) atoms. The van der Waals surface area contributed by atoms with Crippen LogP contribution in [0.1, 0.15) is 31.1 Å². The van der Waals surface area contributed by atoms with Gasteiger partial charge in [-0.15, -0.1) is 11.3 Å². The van der Waals surface area contributed by atoms with Crippen molar-refractivity contribution >= 4 is 17.2 Å². The van der Waals surface area contributed by atoms with Crippen LogP contribution in [0.25, 0.3) is 0 Å². The third kappa shape index (κ3) is 2.62. The number of nitrogens with zero attached hydrogens (tertiary/aromatic N) is 1. The Morgan fingerprint density at radius 1 is 1.69 bits per heavy atom. The van der Waals surface area contributed by atoms with Crippen molar-refractivity contribution in [2.45, 2.75) is 44.8 Å². The van der Waals surface area contributed by atoms with Crippen LogP contribution in [-0.4, -0.2) is 22.9 Å². The van der Waals surface area contributed by atoms with Crippen LogP contribution in [0.4, 0.5) is 0 Å². The molecule has 3 nitrogen and oxygen atoms in total. The second-order valence-corrected chi connectivity index (χ2v) is 5.32. The van der Waals surface area contributed by atoms with E-state index in [1.54, 1.807) is 11.3 Å². The maximum atomic E-state index is 12.1. The van der Waals surface area contributed by atoms with Crippen molar-refractivity contribution in [3.8, 4) is 0 Å². The highest BCUT2D eigenvalue weighted by molar-refractivity contribution is 7.09. The van der Waals surface area contributed by atoms with Gasteiger partial charge in [0.25, 0.3) is 0 Å². The highest BCUT2D eigenvalue weighted by Gasteiger charge is 2.34. The number of carbonyl (C=O) groups excluding carboxylic acids is 1. The summed E-state index contributed by atoms with van der Waals surface area (Å²) in [5.41, 5.74) is 5.82. The number of hydrogen-bond donors (Lipinski definition) is 1. The first-order chi connectivity index (χ1) is 7.72. The van der Waals surface area contributed by atoms with E-state index in [2.05, 4.69) is 6.07 Å². The average Bonchev–Trinajstić information content (AvgIpc) is 3.01. The van der Waals surface area contributed by atoms with Crippen LogP contribution in [0.15, 0.2) is 17.5 Å². The zero-order valence-electron chi connectivity index (χ0n) is 9.56. The first-order valence-electron chi connectivity index (χ1n) is 5.80. The number of hydrogen-bond acceptors (Lipinski definition) is 3. The molecular formula is C12H18N2OS. The predicted octanol–water partition coefficient (Wildman–Crippen LogP) is 1.98. The van der Waals surface area contributed by atoms with Crippen LogP contribution in [0.2, 0.25) is 0 Å². The van der Waals surface area contributed by atoms with E-state index in [0.29, 0.717) is 12.5 Å². The second-order valence-electron chi connectivity index (χ2n) is 4.29. The fourth-order valence-corrected chi connectivity index (χ4v) is 2.43. The molecule has 0 aromatic carbocycles. The lowest BCUT2D eigenvalue weighted by atomic mass is 10.2. The molecule has 0 bridgehead atoms. The Hall–Kier alpha value is -0.870. The molecule has 0 spiro atoms. The monoisotopic (exact) mass is 238 g/mol. The van der Waals surface area contributed by atoms with Crippen LogP contribution < -0.4 is 5.73 Å². The lowest BCUT2D eigenvalue weighted by Gasteiger charge is -2.24. The van der Waals surface area contributed by atoms with E-state index in [-0.39, 0.29) is 11.9 Å². The van der Waals surface area contributed by atoms with Crippen LogP contribution in [0.5, 0.6) is 0 Å². The van der Waals surface area contributed by atoms with Crippen molar-refractivity contribution in [2.75, 3.05) is 0 Å². The first kappa shape index (κ1) is 11.6. The predicted molar refractivity (Wildman–Crippen MR) is 66.2 cm³/mol. The van der Waals surface area contributed by atoms with Crippen LogP contribution in [0, 0.1) is 0 Å². The third-order valence-corrected chi connectivity index (χ3v) is 3.80. The van der Waals surface area contributed by atoms with Gasteiger partial charge < -0.3 is 10.6 Å². The number of carbonyl (C=O) groups is 1. The van der Waals surface area contributed by atoms with Gasteiger partial charge in [-0.05, 0) is 30.7 Å². The molecule has 88 valence electrons. The van der Waals surface area contributed by atoms with Gasteiger partial charge in [0.05, 0.1) is 12.6 Å². The molecule has 2 rings (SSSR count). The molecule has 1 aromatic heterocycles. The van der Waals surface area contributed by atoms with Crippen molar-refractivity contribution in [1.82, 2.24) is 4.90 Å². The van der Waals surface area contributed by atoms with Gasteiger partial charge in [-0.1, -0.05) is 13.0 Å². The van der Waals surface area contributed by atoms with E-state index >= 15 is 0 Å². The fraction of sp³-hybridized carbons (Fsp3) is 0.583. The summed E-state index contributed by atoms with van der Waals surface area (Å²) in [6, 6.07) is 4.20. The van der Waals surface area contributed by atoms with Gasteiger partial charge >= 0.3 is 0 Å². The SMILES string of the molecule is CC[C@H](N)C(=O)N(Cc1cccs1)C1CC1. The van der Waals surface area contributed by atoms with Gasteiger partial charge in [0.15, 0.2) is 0 Å². The summed E-state index contributed by atoms with van der Waals surface area (Å²) in [4.78, 5) is 15.3. The first-order valence-corrected chi connectivity index (χ1v) is 6.68. The molecule has 1 heterocycles. The highest BCUT2D eigenvalue weighted by atomic mass is 32.1. The third-order valence-electron chi connectivity index (χ3n) is 2.93. The Morgan fingerprint density at radius 2 is 2.44 bits per heavy atom. The minimum absolute atomic E-state index is 0.110. The van der Waals surface area contributed by atoms with E-state index in [1.165, 1.54) is 4.88 Å². The molecule has 1 aliphatic carbocycles. The highest BCUT2D eigenvalue weighted by Crippen LogP contribution is 2.29. The van der Waals surface area contributed by atoms with Gasteiger partial charge in [0.2, 0.25) is 5.91 Å². The largest absolute Gasteiger partial charge is 0.333 e. The molecule has 0 saturated heterocycles. The zero-order valence-corrected chi connectivity index (χ0v) is 10.4. The molecule has 1 atom stereocenters. The average molecular weight is 238 g/mol. The van der Waals surface area contributed by atoms with Crippen molar-refractivity contribution in [2.24, 2.45) is 5.73 Å². The van der Waals surface area contributed by atoms with Gasteiger partial charge in [-0.3, -0.25) is 4.79 Å². The Labute approximate surface area is 100 Å². The summed E-state index contributed by atoms with van der Waals surface area (Å²) in [6.07, 6.45) is 2.98. The Kier molecular flexibility index (Phi) is 3.61. The summed E-state index contributed by atoms with van der Waals surface area (Å²) in [5, 5.41) is 2.05. The number of amides is 1. The van der Waals surface area contributed by atoms with E-state index in [9.17, 15) is 4.79 Å². The second kappa shape index (κ2) is 4.97.